The van der Waals surface area contributed by atoms with E-state index in [1.807, 2.05) is 42.5 Å². The van der Waals surface area contributed by atoms with Crippen LogP contribution in [0.25, 0.3) is 16.8 Å². The number of benzene rings is 2. The fraction of sp³-hybridized carbons (Fsp3) is 0.0952. The molecule has 1 aromatic heterocycles. The lowest BCUT2D eigenvalue weighted by Crippen LogP contribution is -2.27. The van der Waals surface area contributed by atoms with Gasteiger partial charge in [-0.25, -0.2) is 4.68 Å². The third-order valence-electron chi connectivity index (χ3n) is 3.84. The maximum absolute atomic E-state index is 12.4. The van der Waals surface area contributed by atoms with Crippen molar-refractivity contribution in [2.45, 2.75) is 13.1 Å². The molecule has 0 aliphatic rings. The zero-order valence-corrected chi connectivity index (χ0v) is 14.1. The minimum absolute atomic E-state index is 0.0819. The Morgan fingerprint density at radius 2 is 1.81 bits per heavy atom. The van der Waals surface area contributed by atoms with Crippen molar-refractivity contribution in [1.29, 1.82) is 0 Å². The fourth-order valence-electron chi connectivity index (χ4n) is 2.60. The van der Waals surface area contributed by atoms with Crippen LogP contribution in [0.3, 0.4) is 0 Å². The molecule has 5 nitrogen and oxygen atoms in total. The number of hydrogen-bond donors (Lipinski definition) is 1. The van der Waals surface area contributed by atoms with Crippen LogP contribution in [0.2, 0.25) is 0 Å². The summed E-state index contributed by atoms with van der Waals surface area (Å²) in [6, 6.07) is 16.7. The van der Waals surface area contributed by atoms with E-state index in [4.69, 9.17) is 6.42 Å². The van der Waals surface area contributed by atoms with Crippen molar-refractivity contribution in [3.8, 4) is 12.3 Å². The standard InChI is InChI=1S/C21H17N3O2/c1-2-14-24-21(26)18-11-7-6-10-17(18)19(23-24)15-22-20(25)13-12-16-8-4-3-5-9-16/h1,3-13H,14-15H2,(H,22,25)/b13-12+. The second-order valence-corrected chi connectivity index (χ2v) is 5.62. The first-order valence-corrected chi connectivity index (χ1v) is 8.12. The molecule has 128 valence electrons. The molecule has 1 amide bonds. The van der Waals surface area contributed by atoms with E-state index in [1.165, 1.54) is 10.8 Å². The topological polar surface area (TPSA) is 64.0 Å². The Hall–Kier alpha value is -3.65. The summed E-state index contributed by atoms with van der Waals surface area (Å²) in [5, 5.41) is 8.33. The lowest BCUT2D eigenvalue weighted by Gasteiger charge is -2.09. The van der Waals surface area contributed by atoms with E-state index in [9.17, 15) is 9.59 Å². The maximum atomic E-state index is 12.4. The smallest absolute Gasteiger partial charge is 0.275 e. The fourth-order valence-corrected chi connectivity index (χ4v) is 2.60. The Morgan fingerprint density at radius 3 is 2.54 bits per heavy atom. The van der Waals surface area contributed by atoms with Gasteiger partial charge in [-0.05, 0) is 17.7 Å². The van der Waals surface area contributed by atoms with Crippen molar-refractivity contribution < 1.29 is 4.79 Å². The number of aromatic nitrogens is 2. The first-order valence-electron chi connectivity index (χ1n) is 8.12. The van der Waals surface area contributed by atoms with E-state index in [1.54, 1.807) is 18.2 Å². The Bertz CT molecular complexity index is 1060. The number of hydrogen-bond acceptors (Lipinski definition) is 3. The number of rotatable bonds is 5. The largest absolute Gasteiger partial charge is 0.347 e. The Kier molecular flexibility index (Phi) is 5.25. The molecule has 0 bridgehead atoms. The highest BCUT2D eigenvalue weighted by Crippen LogP contribution is 2.13. The number of nitrogens with zero attached hydrogens (tertiary/aromatic N) is 2. The molecule has 26 heavy (non-hydrogen) atoms. The van der Waals surface area contributed by atoms with Gasteiger partial charge >= 0.3 is 0 Å². The van der Waals surface area contributed by atoms with E-state index in [2.05, 4.69) is 16.3 Å². The number of amides is 1. The molecule has 0 spiro atoms. The van der Waals surface area contributed by atoms with Crippen molar-refractivity contribution in [2.24, 2.45) is 0 Å². The van der Waals surface area contributed by atoms with E-state index in [-0.39, 0.29) is 24.6 Å². The molecule has 0 unspecified atom stereocenters. The van der Waals surface area contributed by atoms with Crippen LogP contribution in [0.1, 0.15) is 11.3 Å². The van der Waals surface area contributed by atoms with Crippen molar-refractivity contribution in [3.05, 3.63) is 82.3 Å². The van der Waals surface area contributed by atoms with Gasteiger partial charge in [-0.3, -0.25) is 9.59 Å². The summed E-state index contributed by atoms with van der Waals surface area (Å²) in [6.07, 6.45) is 8.52. The molecule has 0 saturated heterocycles. The molecule has 0 atom stereocenters. The highest BCUT2D eigenvalue weighted by molar-refractivity contribution is 5.92. The zero-order valence-electron chi connectivity index (χ0n) is 14.1. The van der Waals surface area contributed by atoms with Crippen molar-refractivity contribution in [2.75, 3.05) is 0 Å². The number of nitrogens with one attached hydrogen (secondary N) is 1. The monoisotopic (exact) mass is 343 g/mol. The summed E-state index contributed by atoms with van der Waals surface area (Å²) in [6.45, 7) is 0.280. The third kappa shape index (κ3) is 3.87. The second kappa shape index (κ2) is 7.95. The highest BCUT2D eigenvalue weighted by atomic mass is 16.1. The summed E-state index contributed by atoms with van der Waals surface area (Å²) in [4.78, 5) is 24.5. The third-order valence-corrected chi connectivity index (χ3v) is 3.84. The van der Waals surface area contributed by atoms with Crippen LogP contribution in [-0.4, -0.2) is 15.7 Å². The number of carbonyl (C=O) groups is 1. The van der Waals surface area contributed by atoms with Crippen LogP contribution < -0.4 is 10.9 Å². The van der Waals surface area contributed by atoms with Gasteiger partial charge in [0.25, 0.3) is 5.56 Å². The van der Waals surface area contributed by atoms with Crippen LogP contribution in [0.15, 0.2) is 65.5 Å². The number of fused-ring (bicyclic) bond motifs is 1. The predicted octanol–water partition coefficient (Wildman–Crippen LogP) is 2.36. The molecule has 1 heterocycles. The average molecular weight is 343 g/mol. The Labute approximate surface area is 151 Å². The van der Waals surface area contributed by atoms with Gasteiger partial charge in [-0.2, -0.15) is 5.10 Å². The molecule has 0 fully saturated rings. The number of terminal acetylenes is 1. The van der Waals surface area contributed by atoms with E-state index in [0.717, 1.165) is 5.56 Å². The number of carbonyl (C=O) groups excluding carboxylic acids is 1. The molecular weight excluding hydrogens is 326 g/mol. The molecule has 5 heteroatoms. The Balaban J connectivity index is 1.81. The molecule has 0 aliphatic heterocycles. The summed E-state index contributed by atoms with van der Waals surface area (Å²) in [5.74, 6) is 2.18. The molecule has 2 aromatic carbocycles. The predicted molar refractivity (Wildman–Crippen MR) is 102 cm³/mol. The van der Waals surface area contributed by atoms with Crippen molar-refractivity contribution >= 4 is 22.8 Å². The second-order valence-electron chi connectivity index (χ2n) is 5.62. The lowest BCUT2D eigenvalue weighted by molar-refractivity contribution is -0.116. The van der Waals surface area contributed by atoms with Crippen LogP contribution in [-0.2, 0) is 17.9 Å². The van der Waals surface area contributed by atoms with Crippen LogP contribution in [0, 0.1) is 12.3 Å². The lowest BCUT2D eigenvalue weighted by atomic mass is 10.1. The van der Waals surface area contributed by atoms with Gasteiger partial charge in [0.15, 0.2) is 0 Å². The molecule has 0 aliphatic carbocycles. The van der Waals surface area contributed by atoms with E-state index in [0.29, 0.717) is 16.5 Å². The minimum atomic E-state index is -0.241. The van der Waals surface area contributed by atoms with Gasteiger partial charge in [0.2, 0.25) is 5.91 Å². The molecular formula is C21H17N3O2. The molecule has 1 N–H and O–H groups in total. The van der Waals surface area contributed by atoms with Gasteiger partial charge in [-0.15, -0.1) is 6.42 Å². The zero-order chi connectivity index (χ0) is 18.4. The molecule has 3 rings (SSSR count). The minimum Gasteiger partial charge on any atom is -0.347 e. The normalized spacial score (nSPS) is 10.7. The quantitative estimate of drug-likeness (QED) is 0.571. The van der Waals surface area contributed by atoms with E-state index < -0.39 is 0 Å². The Morgan fingerprint density at radius 1 is 1.12 bits per heavy atom. The molecule has 0 radical (unpaired) electrons. The van der Waals surface area contributed by atoms with Crippen LogP contribution in [0.4, 0.5) is 0 Å². The van der Waals surface area contributed by atoms with Crippen molar-refractivity contribution in [1.82, 2.24) is 15.1 Å². The van der Waals surface area contributed by atoms with Gasteiger partial charge < -0.3 is 5.32 Å². The average Bonchev–Trinajstić information content (AvgIpc) is 2.68. The summed E-state index contributed by atoms with van der Waals surface area (Å²) in [5.41, 5.74) is 1.29. The first-order chi connectivity index (χ1) is 12.7. The maximum Gasteiger partial charge on any atom is 0.275 e. The van der Waals surface area contributed by atoms with Gasteiger partial charge in [-0.1, -0.05) is 54.5 Å². The van der Waals surface area contributed by atoms with Crippen LogP contribution in [0.5, 0.6) is 0 Å². The first kappa shape index (κ1) is 17.2. The SMILES string of the molecule is C#CCn1nc(CNC(=O)/C=C/c2ccccc2)c2ccccc2c1=O. The summed E-state index contributed by atoms with van der Waals surface area (Å²) < 4.78 is 1.24. The highest BCUT2D eigenvalue weighted by Gasteiger charge is 2.10. The van der Waals surface area contributed by atoms with Gasteiger partial charge in [0.1, 0.15) is 6.54 Å². The molecule has 3 aromatic rings. The van der Waals surface area contributed by atoms with Crippen LogP contribution >= 0.6 is 0 Å². The van der Waals surface area contributed by atoms with Gasteiger partial charge in [0, 0.05) is 11.5 Å². The van der Waals surface area contributed by atoms with Gasteiger partial charge in [0.05, 0.1) is 17.6 Å². The summed E-state index contributed by atoms with van der Waals surface area (Å²) >= 11 is 0. The van der Waals surface area contributed by atoms with Crippen molar-refractivity contribution in [3.63, 3.8) is 0 Å². The van der Waals surface area contributed by atoms with E-state index >= 15 is 0 Å². The molecule has 0 saturated carbocycles. The summed E-state index contributed by atoms with van der Waals surface area (Å²) in [7, 11) is 0.